The first-order valence-electron chi connectivity index (χ1n) is 5.63. The molecule has 0 amide bonds. The van der Waals surface area contributed by atoms with Gasteiger partial charge in [-0.2, -0.15) is 0 Å². The number of carbonyl (C=O) groups excluding carboxylic acids is 1. The Bertz CT molecular complexity index is 708. The molecule has 0 unspecified atom stereocenters. The van der Waals surface area contributed by atoms with E-state index in [4.69, 9.17) is 0 Å². The van der Waals surface area contributed by atoms with Crippen LogP contribution in [0.4, 0.5) is 0 Å². The zero-order valence-electron chi connectivity index (χ0n) is 9.58. The van der Waals surface area contributed by atoms with Crippen molar-refractivity contribution in [3.05, 3.63) is 60.4 Å². The highest BCUT2D eigenvalue weighted by atomic mass is 16.1. The molecule has 0 aliphatic heterocycles. The smallest absolute Gasteiger partial charge is 0.150 e. The molecule has 0 atom stereocenters. The van der Waals surface area contributed by atoms with E-state index >= 15 is 0 Å². The number of fused-ring (bicyclic) bond motifs is 1. The third-order valence-corrected chi connectivity index (χ3v) is 2.83. The van der Waals surface area contributed by atoms with Gasteiger partial charge in [-0.3, -0.25) is 9.78 Å². The topological polar surface area (TPSA) is 42.9 Å². The van der Waals surface area contributed by atoms with Gasteiger partial charge in [-0.1, -0.05) is 6.07 Å². The molecule has 1 aromatic carbocycles. The van der Waals surface area contributed by atoms with Crippen molar-refractivity contribution < 1.29 is 4.79 Å². The van der Waals surface area contributed by atoms with Crippen LogP contribution in [0.15, 0.2) is 54.9 Å². The van der Waals surface area contributed by atoms with E-state index in [1.165, 1.54) is 0 Å². The molecule has 86 valence electrons. The van der Waals surface area contributed by atoms with Crippen LogP contribution in [-0.4, -0.2) is 16.3 Å². The van der Waals surface area contributed by atoms with Crippen molar-refractivity contribution in [1.82, 2.24) is 9.97 Å². The van der Waals surface area contributed by atoms with E-state index in [9.17, 15) is 4.79 Å². The molecule has 0 bridgehead atoms. The van der Waals surface area contributed by atoms with Gasteiger partial charge in [0.05, 0.1) is 11.2 Å². The summed E-state index contributed by atoms with van der Waals surface area (Å²) in [5, 5.41) is 0.970. The summed E-state index contributed by atoms with van der Waals surface area (Å²) in [4.78, 5) is 19.3. The SMILES string of the molecule is O=Cc1ccc2nc(-c3ccncc3)ccc2c1. The summed E-state index contributed by atoms with van der Waals surface area (Å²) in [6.07, 6.45) is 4.34. The maximum absolute atomic E-state index is 10.7. The summed E-state index contributed by atoms with van der Waals surface area (Å²) in [7, 11) is 0. The van der Waals surface area contributed by atoms with E-state index in [1.54, 1.807) is 18.5 Å². The summed E-state index contributed by atoms with van der Waals surface area (Å²) in [6.45, 7) is 0. The normalized spacial score (nSPS) is 10.4. The predicted octanol–water partition coefficient (Wildman–Crippen LogP) is 3.11. The minimum Gasteiger partial charge on any atom is -0.298 e. The Morgan fingerprint density at radius 3 is 2.56 bits per heavy atom. The van der Waals surface area contributed by atoms with Gasteiger partial charge in [0.15, 0.2) is 0 Å². The highest BCUT2D eigenvalue weighted by molar-refractivity contribution is 5.88. The Kier molecular flexibility index (Phi) is 2.57. The quantitative estimate of drug-likeness (QED) is 0.640. The first-order valence-corrected chi connectivity index (χ1v) is 5.63. The van der Waals surface area contributed by atoms with Gasteiger partial charge in [-0.15, -0.1) is 0 Å². The van der Waals surface area contributed by atoms with Gasteiger partial charge < -0.3 is 0 Å². The zero-order valence-corrected chi connectivity index (χ0v) is 9.58. The minimum atomic E-state index is 0.668. The van der Waals surface area contributed by atoms with Crippen LogP contribution >= 0.6 is 0 Å². The Morgan fingerprint density at radius 2 is 1.78 bits per heavy atom. The van der Waals surface area contributed by atoms with Gasteiger partial charge >= 0.3 is 0 Å². The van der Waals surface area contributed by atoms with Crippen molar-refractivity contribution in [2.24, 2.45) is 0 Å². The number of nitrogens with zero attached hydrogens (tertiary/aromatic N) is 2. The first kappa shape index (κ1) is 10.6. The lowest BCUT2D eigenvalue weighted by molar-refractivity contribution is 0.112. The highest BCUT2D eigenvalue weighted by Gasteiger charge is 2.01. The molecule has 0 saturated heterocycles. The van der Waals surface area contributed by atoms with Gasteiger partial charge in [-0.05, 0) is 36.4 Å². The van der Waals surface area contributed by atoms with Crippen LogP contribution in [0.5, 0.6) is 0 Å². The average Bonchev–Trinajstić information content (AvgIpc) is 2.47. The molecule has 18 heavy (non-hydrogen) atoms. The number of aromatic nitrogens is 2. The summed E-state index contributed by atoms with van der Waals surface area (Å²) in [6, 6.07) is 13.3. The van der Waals surface area contributed by atoms with Crippen molar-refractivity contribution in [3.8, 4) is 11.3 Å². The molecule has 2 heterocycles. The Balaban J connectivity index is 2.15. The van der Waals surface area contributed by atoms with Crippen molar-refractivity contribution in [1.29, 1.82) is 0 Å². The van der Waals surface area contributed by atoms with Crippen molar-refractivity contribution in [3.63, 3.8) is 0 Å². The Hall–Kier alpha value is -2.55. The van der Waals surface area contributed by atoms with E-state index in [2.05, 4.69) is 9.97 Å². The number of rotatable bonds is 2. The third kappa shape index (κ3) is 1.86. The molecule has 0 fully saturated rings. The molecule has 0 spiro atoms. The molecule has 0 aliphatic carbocycles. The molecule has 3 nitrogen and oxygen atoms in total. The molecule has 2 aromatic heterocycles. The lowest BCUT2D eigenvalue weighted by Gasteiger charge is -2.03. The first-order chi connectivity index (χ1) is 8.86. The van der Waals surface area contributed by atoms with Crippen LogP contribution in [-0.2, 0) is 0 Å². The van der Waals surface area contributed by atoms with E-state index in [1.807, 2.05) is 36.4 Å². The van der Waals surface area contributed by atoms with Gasteiger partial charge in [0.2, 0.25) is 0 Å². The van der Waals surface area contributed by atoms with Gasteiger partial charge in [0.1, 0.15) is 6.29 Å². The van der Waals surface area contributed by atoms with Gasteiger partial charge in [0, 0.05) is 28.9 Å². The molecular weight excluding hydrogens is 224 g/mol. The van der Waals surface area contributed by atoms with E-state index in [0.717, 1.165) is 28.4 Å². The number of benzene rings is 1. The Morgan fingerprint density at radius 1 is 0.944 bits per heavy atom. The van der Waals surface area contributed by atoms with Crippen LogP contribution in [0.2, 0.25) is 0 Å². The fraction of sp³-hybridized carbons (Fsp3) is 0. The molecule has 0 radical (unpaired) electrons. The predicted molar refractivity (Wildman–Crippen MR) is 70.4 cm³/mol. The van der Waals surface area contributed by atoms with Crippen LogP contribution in [0, 0.1) is 0 Å². The van der Waals surface area contributed by atoms with Gasteiger partial charge in [0.25, 0.3) is 0 Å². The van der Waals surface area contributed by atoms with Crippen LogP contribution in [0.3, 0.4) is 0 Å². The number of hydrogen-bond acceptors (Lipinski definition) is 3. The maximum atomic E-state index is 10.7. The number of pyridine rings is 2. The van der Waals surface area contributed by atoms with Crippen molar-refractivity contribution >= 4 is 17.2 Å². The molecule has 0 aliphatic rings. The molecule has 0 N–H and O–H groups in total. The summed E-state index contributed by atoms with van der Waals surface area (Å²) < 4.78 is 0. The molecule has 3 aromatic rings. The van der Waals surface area contributed by atoms with Crippen molar-refractivity contribution in [2.75, 3.05) is 0 Å². The largest absolute Gasteiger partial charge is 0.298 e. The lowest BCUT2D eigenvalue weighted by Crippen LogP contribution is -1.87. The molecule has 3 rings (SSSR count). The van der Waals surface area contributed by atoms with Crippen LogP contribution in [0.1, 0.15) is 10.4 Å². The summed E-state index contributed by atoms with van der Waals surface area (Å²) in [5.41, 5.74) is 3.49. The monoisotopic (exact) mass is 234 g/mol. The van der Waals surface area contributed by atoms with Crippen LogP contribution < -0.4 is 0 Å². The summed E-state index contributed by atoms with van der Waals surface area (Å²) in [5.74, 6) is 0. The van der Waals surface area contributed by atoms with E-state index < -0.39 is 0 Å². The number of hydrogen-bond donors (Lipinski definition) is 0. The summed E-state index contributed by atoms with van der Waals surface area (Å²) >= 11 is 0. The second-order valence-corrected chi connectivity index (χ2v) is 4.00. The maximum Gasteiger partial charge on any atom is 0.150 e. The van der Waals surface area contributed by atoms with Crippen molar-refractivity contribution in [2.45, 2.75) is 0 Å². The highest BCUT2D eigenvalue weighted by Crippen LogP contribution is 2.20. The van der Waals surface area contributed by atoms with E-state index in [0.29, 0.717) is 5.56 Å². The third-order valence-electron chi connectivity index (χ3n) is 2.83. The second-order valence-electron chi connectivity index (χ2n) is 4.00. The van der Waals surface area contributed by atoms with Gasteiger partial charge in [-0.25, -0.2) is 4.98 Å². The molecule has 0 saturated carbocycles. The average molecular weight is 234 g/mol. The Labute approximate surface area is 104 Å². The standard InChI is InChI=1S/C15H10N2O/c18-10-11-1-3-15-13(9-11)2-4-14(17-15)12-5-7-16-8-6-12/h1-10H. The van der Waals surface area contributed by atoms with Crippen LogP contribution in [0.25, 0.3) is 22.2 Å². The lowest BCUT2D eigenvalue weighted by atomic mass is 10.1. The number of carbonyl (C=O) groups is 1. The molecular formula is C15H10N2O. The van der Waals surface area contributed by atoms with E-state index in [-0.39, 0.29) is 0 Å². The minimum absolute atomic E-state index is 0.668. The fourth-order valence-corrected chi connectivity index (χ4v) is 1.90. The zero-order chi connectivity index (χ0) is 12.4. The fourth-order valence-electron chi connectivity index (χ4n) is 1.90. The molecule has 3 heteroatoms. The number of aldehydes is 1. The second kappa shape index (κ2) is 4.37.